The zero-order valence-corrected chi connectivity index (χ0v) is 19.0. The topological polar surface area (TPSA) is 18.5 Å². The Morgan fingerprint density at radius 3 is 2.69 bits per heavy atom. The van der Waals surface area contributed by atoms with E-state index in [1.165, 1.54) is 44.9 Å². The summed E-state index contributed by atoms with van der Waals surface area (Å²) in [6, 6.07) is 0. The molecule has 160 valence electrons. The maximum atomic E-state index is 6.89. The van der Waals surface area contributed by atoms with Gasteiger partial charge in [0.25, 0.3) is 0 Å². The van der Waals surface area contributed by atoms with Crippen molar-refractivity contribution >= 4 is 0 Å². The molecule has 0 bridgehead atoms. The van der Waals surface area contributed by atoms with Crippen LogP contribution in [0.2, 0.25) is 0 Å². The van der Waals surface area contributed by atoms with Gasteiger partial charge in [-0.05, 0) is 90.9 Å². The minimum atomic E-state index is -0.271. The first-order chi connectivity index (χ1) is 13.9. The maximum absolute atomic E-state index is 6.89. The number of allylic oxidation sites excluding steroid dienone is 4. The Morgan fingerprint density at radius 1 is 1.03 bits per heavy atom. The molecule has 0 N–H and O–H groups in total. The summed E-state index contributed by atoms with van der Waals surface area (Å²) in [7, 11) is 0. The summed E-state index contributed by atoms with van der Waals surface area (Å²) in [5, 5.41) is 0. The Labute approximate surface area is 177 Å². The van der Waals surface area contributed by atoms with Crippen LogP contribution in [-0.4, -0.2) is 18.5 Å². The van der Waals surface area contributed by atoms with Gasteiger partial charge in [-0.2, -0.15) is 0 Å². The van der Waals surface area contributed by atoms with Crippen molar-refractivity contribution in [2.45, 2.75) is 91.0 Å². The van der Waals surface area contributed by atoms with Crippen LogP contribution in [0.15, 0.2) is 23.8 Å². The smallest absolute Gasteiger partial charge is 0.171 e. The van der Waals surface area contributed by atoms with Crippen LogP contribution < -0.4 is 0 Å². The predicted molar refractivity (Wildman–Crippen MR) is 116 cm³/mol. The fourth-order valence-electron chi connectivity index (χ4n) is 9.32. The lowest BCUT2D eigenvalue weighted by molar-refractivity contribution is -0.272. The van der Waals surface area contributed by atoms with Crippen molar-refractivity contribution in [2.24, 2.45) is 46.3 Å². The standard InChI is InChI=1S/C27H40O2/c1-17-10-14-27(28-16-17)18(2)24-23(29-27)15-22-20-9-8-19-7-5-6-12-25(19,3)21(20)11-13-26(22,24)4/h5,7-8,17-18,20-24H,6,9-16H2,1-4H3/t17-,18+,20-,21-,22-,23+,24+,25+,26+,27-/m1/s1. The summed E-state index contributed by atoms with van der Waals surface area (Å²) in [6.45, 7) is 10.9. The molecule has 0 aromatic rings. The lowest BCUT2D eigenvalue weighted by atomic mass is 9.47. The Bertz CT molecular complexity index is 744. The van der Waals surface area contributed by atoms with E-state index in [1.54, 1.807) is 5.57 Å². The highest BCUT2D eigenvalue weighted by Crippen LogP contribution is 2.70. The largest absolute Gasteiger partial charge is 0.349 e. The van der Waals surface area contributed by atoms with Crippen LogP contribution in [0.3, 0.4) is 0 Å². The minimum Gasteiger partial charge on any atom is -0.349 e. The van der Waals surface area contributed by atoms with Gasteiger partial charge in [0, 0.05) is 12.3 Å². The van der Waals surface area contributed by atoms with Crippen molar-refractivity contribution < 1.29 is 9.47 Å². The molecule has 0 aromatic carbocycles. The second-order valence-corrected chi connectivity index (χ2v) is 12.1. The number of fused-ring (bicyclic) bond motifs is 7. The van der Waals surface area contributed by atoms with Crippen molar-refractivity contribution in [3.8, 4) is 0 Å². The van der Waals surface area contributed by atoms with Crippen LogP contribution in [0.25, 0.3) is 0 Å². The first-order valence-corrected chi connectivity index (χ1v) is 12.6. The van der Waals surface area contributed by atoms with Crippen molar-refractivity contribution in [1.29, 1.82) is 0 Å². The number of hydrogen-bond donors (Lipinski definition) is 0. The fraction of sp³-hybridized carbons (Fsp3) is 0.852. The summed E-state index contributed by atoms with van der Waals surface area (Å²) < 4.78 is 13.4. The van der Waals surface area contributed by atoms with E-state index in [-0.39, 0.29) is 5.79 Å². The molecule has 2 saturated carbocycles. The minimum absolute atomic E-state index is 0.271. The molecule has 6 rings (SSSR count). The zero-order valence-electron chi connectivity index (χ0n) is 19.0. The molecule has 1 spiro atoms. The predicted octanol–water partition coefficient (Wildman–Crippen LogP) is 6.52. The van der Waals surface area contributed by atoms with Gasteiger partial charge in [0.2, 0.25) is 0 Å². The van der Waals surface area contributed by atoms with Crippen LogP contribution in [0, 0.1) is 46.3 Å². The van der Waals surface area contributed by atoms with Gasteiger partial charge in [-0.3, -0.25) is 0 Å². The third-order valence-electron chi connectivity index (χ3n) is 10.9. The summed E-state index contributed by atoms with van der Waals surface area (Å²) >= 11 is 0. The van der Waals surface area contributed by atoms with Gasteiger partial charge in [-0.25, -0.2) is 0 Å². The SMILES string of the molecule is C[C@@H]1CC[C@@]2(OC1)O[C@H]1C[C@@H]3[C@@H]4CC=C5C=CCC[C@]5(C)[C@@H]4CC[C@]3(C)[C@H]1[C@@H]2C. The molecule has 0 amide bonds. The second-order valence-electron chi connectivity index (χ2n) is 12.1. The summed E-state index contributed by atoms with van der Waals surface area (Å²) in [5.41, 5.74) is 2.51. The molecule has 0 unspecified atom stereocenters. The summed E-state index contributed by atoms with van der Waals surface area (Å²) in [4.78, 5) is 0. The van der Waals surface area contributed by atoms with E-state index < -0.39 is 0 Å². The van der Waals surface area contributed by atoms with Crippen LogP contribution in [-0.2, 0) is 9.47 Å². The molecule has 10 atom stereocenters. The van der Waals surface area contributed by atoms with Gasteiger partial charge in [0.05, 0.1) is 12.7 Å². The molecular formula is C27H40O2. The average Bonchev–Trinajstić information content (AvgIpc) is 3.15. The Kier molecular flexibility index (Phi) is 4.10. The lowest BCUT2D eigenvalue weighted by Gasteiger charge is -2.57. The molecule has 2 heterocycles. The quantitative estimate of drug-likeness (QED) is 0.464. The number of hydrogen-bond acceptors (Lipinski definition) is 2. The second kappa shape index (κ2) is 6.22. The molecule has 6 aliphatic rings. The summed E-state index contributed by atoms with van der Waals surface area (Å²) in [5.74, 6) is 4.20. The zero-order chi connectivity index (χ0) is 20.0. The van der Waals surface area contributed by atoms with Crippen LogP contribution in [0.1, 0.15) is 79.1 Å². The van der Waals surface area contributed by atoms with E-state index in [9.17, 15) is 0 Å². The molecule has 0 aromatic heterocycles. The normalized spacial score (nSPS) is 58.3. The van der Waals surface area contributed by atoms with E-state index in [0.717, 1.165) is 30.8 Å². The van der Waals surface area contributed by atoms with E-state index in [1.807, 2.05) is 0 Å². The highest BCUT2D eigenvalue weighted by atomic mass is 16.7. The van der Waals surface area contributed by atoms with E-state index in [0.29, 0.717) is 34.7 Å². The van der Waals surface area contributed by atoms with Crippen molar-refractivity contribution in [2.75, 3.05) is 6.61 Å². The third kappa shape index (κ3) is 2.42. The molecule has 4 aliphatic carbocycles. The highest BCUT2D eigenvalue weighted by molar-refractivity contribution is 5.34. The number of ether oxygens (including phenoxy) is 2. The van der Waals surface area contributed by atoms with Crippen molar-refractivity contribution in [3.63, 3.8) is 0 Å². The summed E-state index contributed by atoms with van der Waals surface area (Å²) in [6.07, 6.45) is 18.3. The van der Waals surface area contributed by atoms with E-state index >= 15 is 0 Å². The van der Waals surface area contributed by atoms with Crippen LogP contribution >= 0.6 is 0 Å². The van der Waals surface area contributed by atoms with Gasteiger partial charge in [0.15, 0.2) is 5.79 Å². The lowest BCUT2D eigenvalue weighted by Crippen LogP contribution is -2.51. The molecule has 2 saturated heterocycles. The first kappa shape index (κ1) is 19.1. The molecule has 2 heteroatoms. The fourth-order valence-corrected chi connectivity index (χ4v) is 9.32. The maximum Gasteiger partial charge on any atom is 0.171 e. The van der Waals surface area contributed by atoms with Gasteiger partial charge < -0.3 is 9.47 Å². The molecular weight excluding hydrogens is 356 g/mol. The monoisotopic (exact) mass is 396 g/mol. The van der Waals surface area contributed by atoms with E-state index in [2.05, 4.69) is 45.9 Å². The van der Waals surface area contributed by atoms with Crippen LogP contribution in [0.4, 0.5) is 0 Å². The van der Waals surface area contributed by atoms with E-state index in [4.69, 9.17) is 9.47 Å². The molecule has 2 aliphatic heterocycles. The Morgan fingerprint density at radius 2 is 1.90 bits per heavy atom. The van der Waals surface area contributed by atoms with Crippen molar-refractivity contribution in [3.05, 3.63) is 23.8 Å². The third-order valence-corrected chi connectivity index (χ3v) is 10.9. The van der Waals surface area contributed by atoms with Gasteiger partial charge in [0.1, 0.15) is 0 Å². The van der Waals surface area contributed by atoms with Gasteiger partial charge in [-0.15, -0.1) is 0 Å². The molecule has 2 nitrogen and oxygen atoms in total. The van der Waals surface area contributed by atoms with Gasteiger partial charge in [-0.1, -0.05) is 45.9 Å². The Balaban J connectivity index is 1.30. The highest BCUT2D eigenvalue weighted by Gasteiger charge is 2.68. The average molecular weight is 397 g/mol. The molecule has 4 fully saturated rings. The van der Waals surface area contributed by atoms with Gasteiger partial charge >= 0.3 is 0 Å². The number of rotatable bonds is 0. The first-order valence-electron chi connectivity index (χ1n) is 12.6. The Hall–Kier alpha value is -0.600. The van der Waals surface area contributed by atoms with Crippen LogP contribution in [0.5, 0.6) is 0 Å². The molecule has 29 heavy (non-hydrogen) atoms. The van der Waals surface area contributed by atoms with Crippen molar-refractivity contribution in [1.82, 2.24) is 0 Å². The molecule has 0 radical (unpaired) electrons.